The van der Waals surface area contributed by atoms with E-state index in [0.29, 0.717) is 5.69 Å². The molecular formula is C10H13FN2O2. The van der Waals surface area contributed by atoms with E-state index in [4.69, 9.17) is 10.8 Å². The Morgan fingerprint density at radius 2 is 2.40 bits per heavy atom. The molecule has 0 spiro atoms. The number of carboxylic acid groups (broad SMARTS) is 1. The summed E-state index contributed by atoms with van der Waals surface area (Å²) in [7, 11) is 0. The molecule has 0 saturated carbocycles. The van der Waals surface area contributed by atoms with Gasteiger partial charge in [0.25, 0.3) is 0 Å². The van der Waals surface area contributed by atoms with E-state index in [1.54, 1.807) is 18.3 Å². The van der Waals surface area contributed by atoms with Crippen LogP contribution in [0.5, 0.6) is 0 Å². The molecule has 0 aliphatic heterocycles. The van der Waals surface area contributed by atoms with Gasteiger partial charge in [0.1, 0.15) is 6.04 Å². The topological polar surface area (TPSA) is 76.2 Å². The van der Waals surface area contributed by atoms with Gasteiger partial charge in [0.2, 0.25) is 0 Å². The smallest absolute Gasteiger partial charge is 0.320 e. The van der Waals surface area contributed by atoms with E-state index in [1.807, 2.05) is 0 Å². The van der Waals surface area contributed by atoms with E-state index < -0.39 is 18.7 Å². The Bertz CT molecular complexity index is 344. The average Bonchev–Trinajstić information content (AvgIpc) is 2.21. The summed E-state index contributed by atoms with van der Waals surface area (Å²) in [5.74, 6) is -1.08. The van der Waals surface area contributed by atoms with E-state index in [1.165, 1.54) is 0 Å². The second-order valence-electron chi connectivity index (χ2n) is 3.20. The summed E-state index contributed by atoms with van der Waals surface area (Å²) in [6.45, 7) is -0.485. The standard InChI is InChI=1S/C10H13FN2O2/c11-4-3-7-2-1-5-13-9(7)6-8(12)10(14)15/h1-2,5,8H,3-4,6,12H2,(H,14,15). The van der Waals surface area contributed by atoms with Gasteiger partial charge in [-0.05, 0) is 11.6 Å². The summed E-state index contributed by atoms with van der Waals surface area (Å²) in [5, 5.41) is 8.64. The molecule has 0 fully saturated rings. The summed E-state index contributed by atoms with van der Waals surface area (Å²) in [5.41, 5.74) is 6.66. The Hall–Kier alpha value is -1.49. The lowest BCUT2D eigenvalue weighted by atomic mass is 10.0. The first kappa shape index (κ1) is 11.6. The average molecular weight is 212 g/mol. The van der Waals surface area contributed by atoms with Crippen molar-refractivity contribution in [2.75, 3.05) is 6.67 Å². The molecule has 1 rings (SSSR count). The number of nitrogens with zero attached hydrogens (tertiary/aromatic N) is 1. The molecule has 0 aliphatic rings. The maximum atomic E-state index is 12.2. The highest BCUT2D eigenvalue weighted by Gasteiger charge is 2.14. The van der Waals surface area contributed by atoms with Crippen molar-refractivity contribution in [1.82, 2.24) is 4.98 Å². The van der Waals surface area contributed by atoms with Crippen molar-refractivity contribution in [3.05, 3.63) is 29.6 Å². The zero-order valence-electron chi connectivity index (χ0n) is 8.19. The third-order valence-corrected chi connectivity index (χ3v) is 2.08. The fraction of sp³-hybridized carbons (Fsp3) is 0.400. The summed E-state index contributed by atoms with van der Waals surface area (Å²) in [4.78, 5) is 14.6. The van der Waals surface area contributed by atoms with E-state index in [9.17, 15) is 9.18 Å². The number of hydrogen-bond donors (Lipinski definition) is 2. The number of halogens is 1. The number of alkyl halides is 1. The Labute approximate surface area is 86.9 Å². The summed E-state index contributed by atoms with van der Waals surface area (Å²) >= 11 is 0. The number of carbonyl (C=O) groups is 1. The second-order valence-corrected chi connectivity index (χ2v) is 3.20. The van der Waals surface area contributed by atoms with Gasteiger partial charge in [-0.2, -0.15) is 0 Å². The molecule has 0 bridgehead atoms. The van der Waals surface area contributed by atoms with Crippen LogP contribution in [0.2, 0.25) is 0 Å². The van der Waals surface area contributed by atoms with Gasteiger partial charge in [-0.3, -0.25) is 14.2 Å². The molecule has 1 atom stereocenters. The predicted octanol–water partition coefficient (Wildman–Crippen LogP) is 0.548. The van der Waals surface area contributed by atoms with Crippen LogP contribution in [0.1, 0.15) is 11.3 Å². The van der Waals surface area contributed by atoms with Gasteiger partial charge >= 0.3 is 5.97 Å². The van der Waals surface area contributed by atoms with Gasteiger partial charge in [-0.15, -0.1) is 0 Å². The minimum atomic E-state index is -1.08. The molecule has 5 heteroatoms. The zero-order valence-corrected chi connectivity index (χ0v) is 8.19. The quantitative estimate of drug-likeness (QED) is 0.747. The van der Waals surface area contributed by atoms with Crippen LogP contribution in [-0.2, 0) is 17.6 Å². The fourth-order valence-corrected chi connectivity index (χ4v) is 1.28. The molecule has 0 saturated heterocycles. The van der Waals surface area contributed by atoms with Gasteiger partial charge in [-0.25, -0.2) is 0 Å². The number of aryl methyl sites for hydroxylation is 1. The van der Waals surface area contributed by atoms with Crippen molar-refractivity contribution >= 4 is 5.97 Å². The van der Waals surface area contributed by atoms with Crippen molar-refractivity contribution in [1.29, 1.82) is 0 Å². The number of rotatable bonds is 5. The number of aromatic nitrogens is 1. The van der Waals surface area contributed by atoms with Crippen LogP contribution in [-0.4, -0.2) is 28.8 Å². The van der Waals surface area contributed by atoms with Gasteiger partial charge in [0, 0.05) is 24.7 Å². The molecule has 0 amide bonds. The minimum absolute atomic E-state index is 0.130. The molecular weight excluding hydrogens is 199 g/mol. The largest absolute Gasteiger partial charge is 0.480 e. The Morgan fingerprint density at radius 1 is 1.67 bits per heavy atom. The number of pyridine rings is 1. The minimum Gasteiger partial charge on any atom is -0.480 e. The molecule has 15 heavy (non-hydrogen) atoms. The number of carboxylic acids is 1. The lowest BCUT2D eigenvalue weighted by Gasteiger charge is -2.09. The number of hydrogen-bond acceptors (Lipinski definition) is 3. The molecule has 4 nitrogen and oxygen atoms in total. The maximum Gasteiger partial charge on any atom is 0.320 e. The molecule has 3 N–H and O–H groups in total. The van der Waals surface area contributed by atoms with Crippen molar-refractivity contribution < 1.29 is 14.3 Å². The van der Waals surface area contributed by atoms with Crippen LogP contribution < -0.4 is 5.73 Å². The SMILES string of the molecule is NC(Cc1ncccc1CCF)C(=O)O. The van der Waals surface area contributed by atoms with Crippen molar-refractivity contribution in [3.8, 4) is 0 Å². The molecule has 1 aromatic rings. The van der Waals surface area contributed by atoms with Crippen molar-refractivity contribution in [2.24, 2.45) is 5.73 Å². The Balaban J connectivity index is 2.79. The molecule has 0 aromatic carbocycles. The highest BCUT2D eigenvalue weighted by Crippen LogP contribution is 2.08. The Morgan fingerprint density at radius 3 is 3.00 bits per heavy atom. The molecule has 0 radical (unpaired) electrons. The van der Waals surface area contributed by atoms with Crippen molar-refractivity contribution in [3.63, 3.8) is 0 Å². The van der Waals surface area contributed by atoms with Crippen molar-refractivity contribution in [2.45, 2.75) is 18.9 Å². The molecule has 82 valence electrons. The highest BCUT2D eigenvalue weighted by molar-refractivity contribution is 5.73. The monoisotopic (exact) mass is 212 g/mol. The number of aliphatic carboxylic acids is 1. The van der Waals surface area contributed by atoms with Crippen LogP contribution in [0.25, 0.3) is 0 Å². The summed E-state index contributed by atoms with van der Waals surface area (Å²) < 4.78 is 12.2. The first-order valence-electron chi connectivity index (χ1n) is 4.62. The van der Waals surface area contributed by atoms with Gasteiger partial charge in [-0.1, -0.05) is 6.07 Å². The second kappa shape index (κ2) is 5.41. The Kier molecular flexibility index (Phi) is 4.17. The van der Waals surface area contributed by atoms with E-state index >= 15 is 0 Å². The van der Waals surface area contributed by atoms with Gasteiger partial charge < -0.3 is 10.8 Å². The molecule has 1 unspecified atom stereocenters. The molecule has 0 aliphatic carbocycles. The predicted molar refractivity (Wildman–Crippen MR) is 53.2 cm³/mol. The van der Waals surface area contributed by atoms with Crippen LogP contribution >= 0.6 is 0 Å². The summed E-state index contributed by atoms with van der Waals surface area (Å²) in [6.07, 6.45) is 1.92. The van der Waals surface area contributed by atoms with E-state index in [2.05, 4.69) is 4.98 Å². The van der Waals surface area contributed by atoms with Crippen LogP contribution in [0.4, 0.5) is 4.39 Å². The fourth-order valence-electron chi connectivity index (χ4n) is 1.28. The lowest BCUT2D eigenvalue weighted by Crippen LogP contribution is -2.33. The highest BCUT2D eigenvalue weighted by atomic mass is 19.1. The first-order chi connectivity index (χ1) is 7.15. The van der Waals surface area contributed by atoms with E-state index in [0.717, 1.165) is 5.56 Å². The van der Waals surface area contributed by atoms with Gasteiger partial charge in [0.15, 0.2) is 0 Å². The lowest BCUT2D eigenvalue weighted by molar-refractivity contribution is -0.138. The molecule has 1 heterocycles. The summed E-state index contributed by atoms with van der Waals surface area (Å²) in [6, 6.07) is 2.44. The normalized spacial score (nSPS) is 12.4. The molecule has 1 aromatic heterocycles. The third-order valence-electron chi connectivity index (χ3n) is 2.08. The first-order valence-corrected chi connectivity index (χ1v) is 4.62. The van der Waals surface area contributed by atoms with Crippen LogP contribution in [0, 0.1) is 0 Å². The number of nitrogens with two attached hydrogens (primary N) is 1. The van der Waals surface area contributed by atoms with Crippen LogP contribution in [0.3, 0.4) is 0 Å². The van der Waals surface area contributed by atoms with Crippen LogP contribution in [0.15, 0.2) is 18.3 Å². The van der Waals surface area contributed by atoms with Gasteiger partial charge in [0.05, 0.1) is 6.67 Å². The third kappa shape index (κ3) is 3.28. The maximum absolute atomic E-state index is 12.2. The van der Waals surface area contributed by atoms with E-state index in [-0.39, 0.29) is 12.8 Å². The zero-order chi connectivity index (χ0) is 11.3.